The first-order valence-electron chi connectivity index (χ1n) is 10.9. The number of aromatic nitrogens is 1. The Labute approximate surface area is 192 Å². The lowest BCUT2D eigenvalue weighted by atomic mass is 10.1. The molecule has 0 bridgehead atoms. The molecule has 4 rings (SSSR count). The van der Waals surface area contributed by atoms with Gasteiger partial charge in [0, 0.05) is 39.7 Å². The van der Waals surface area contributed by atoms with Crippen molar-refractivity contribution in [2.75, 3.05) is 11.9 Å². The summed E-state index contributed by atoms with van der Waals surface area (Å²) in [6, 6.07) is 23.2. The minimum absolute atomic E-state index is 0.0641. The largest absolute Gasteiger partial charge is 0.484 e. The highest BCUT2D eigenvalue weighted by Crippen LogP contribution is 2.31. The van der Waals surface area contributed by atoms with Gasteiger partial charge in [-0.2, -0.15) is 5.10 Å². The highest BCUT2D eigenvalue weighted by atomic mass is 16.5. The van der Waals surface area contributed by atoms with Crippen LogP contribution in [0.1, 0.15) is 20.3 Å². The van der Waals surface area contributed by atoms with Gasteiger partial charge in [-0.1, -0.05) is 36.4 Å². The lowest BCUT2D eigenvalue weighted by Crippen LogP contribution is -2.26. The SMILES string of the molecule is CCn1c2ccccc2c2cc(NC(=O)CC(C)=NNC(=O)COc3ccccc3)ccc21. The number of hydrogen-bond acceptors (Lipinski definition) is 4. The van der Waals surface area contributed by atoms with Gasteiger partial charge in [0.05, 0.1) is 6.42 Å². The van der Waals surface area contributed by atoms with Crippen molar-refractivity contribution in [3.63, 3.8) is 0 Å². The van der Waals surface area contributed by atoms with Crippen LogP contribution in [0.25, 0.3) is 21.8 Å². The Morgan fingerprint density at radius 3 is 2.42 bits per heavy atom. The Morgan fingerprint density at radius 2 is 1.64 bits per heavy atom. The van der Waals surface area contributed by atoms with Crippen LogP contribution in [0, 0.1) is 0 Å². The maximum absolute atomic E-state index is 12.5. The van der Waals surface area contributed by atoms with E-state index in [1.807, 2.05) is 48.5 Å². The molecule has 4 aromatic rings. The molecule has 0 atom stereocenters. The molecule has 0 radical (unpaired) electrons. The second-order valence-corrected chi connectivity index (χ2v) is 7.70. The second kappa shape index (κ2) is 9.99. The minimum Gasteiger partial charge on any atom is -0.484 e. The van der Waals surface area contributed by atoms with E-state index in [-0.39, 0.29) is 18.9 Å². The average Bonchev–Trinajstić information content (AvgIpc) is 3.15. The number of ether oxygens (including phenoxy) is 1. The number of hydrogen-bond donors (Lipinski definition) is 2. The number of aryl methyl sites for hydroxylation is 1. The zero-order chi connectivity index (χ0) is 23.2. The summed E-state index contributed by atoms with van der Waals surface area (Å²) in [4.78, 5) is 24.4. The van der Waals surface area contributed by atoms with E-state index < -0.39 is 5.91 Å². The molecule has 7 nitrogen and oxygen atoms in total. The molecule has 0 saturated carbocycles. The van der Waals surface area contributed by atoms with Gasteiger partial charge in [-0.3, -0.25) is 9.59 Å². The number of carbonyl (C=O) groups excluding carboxylic acids is 2. The van der Waals surface area contributed by atoms with E-state index in [2.05, 4.69) is 39.5 Å². The Balaban J connectivity index is 1.36. The molecule has 1 heterocycles. The molecule has 0 aliphatic heterocycles. The fraction of sp³-hybridized carbons (Fsp3) is 0.192. The number of amides is 2. The molecule has 0 aliphatic carbocycles. The molecule has 7 heteroatoms. The first-order chi connectivity index (χ1) is 16.0. The normalized spacial score (nSPS) is 11.5. The number of nitrogens with zero attached hydrogens (tertiary/aromatic N) is 2. The van der Waals surface area contributed by atoms with Crippen LogP contribution in [-0.2, 0) is 16.1 Å². The van der Waals surface area contributed by atoms with E-state index in [0.29, 0.717) is 11.5 Å². The quantitative estimate of drug-likeness (QED) is 0.306. The maximum atomic E-state index is 12.5. The lowest BCUT2D eigenvalue weighted by molar-refractivity contribution is -0.123. The maximum Gasteiger partial charge on any atom is 0.277 e. The molecular weight excluding hydrogens is 416 g/mol. The van der Waals surface area contributed by atoms with Crippen molar-refractivity contribution in [3.05, 3.63) is 72.8 Å². The molecule has 0 aliphatic rings. The predicted molar refractivity (Wildman–Crippen MR) is 132 cm³/mol. The van der Waals surface area contributed by atoms with Crippen LogP contribution in [0.3, 0.4) is 0 Å². The number of nitrogens with one attached hydrogen (secondary N) is 2. The average molecular weight is 443 g/mol. The highest BCUT2D eigenvalue weighted by molar-refractivity contribution is 6.11. The van der Waals surface area contributed by atoms with Gasteiger partial charge in [0.2, 0.25) is 5.91 Å². The van der Waals surface area contributed by atoms with E-state index in [9.17, 15) is 9.59 Å². The molecule has 1 aromatic heterocycles. The number of para-hydroxylation sites is 2. The predicted octanol–water partition coefficient (Wildman–Crippen LogP) is 4.71. The van der Waals surface area contributed by atoms with Crippen molar-refractivity contribution >= 4 is 45.0 Å². The molecule has 33 heavy (non-hydrogen) atoms. The van der Waals surface area contributed by atoms with Gasteiger partial charge in [0.1, 0.15) is 5.75 Å². The van der Waals surface area contributed by atoms with Gasteiger partial charge in [0.25, 0.3) is 5.91 Å². The second-order valence-electron chi connectivity index (χ2n) is 7.70. The fourth-order valence-electron chi connectivity index (χ4n) is 3.80. The highest BCUT2D eigenvalue weighted by Gasteiger charge is 2.11. The molecule has 168 valence electrons. The van der Waals surface area contributed by atoms with Crippen LogP contribution in [0.2, 0.25) is 0 Å². The third-order valence-corrected chi connectivity index (χ3v) is 5.27. The third kappa shape index (κ3) is 5.20. The van der Waals surface area contributed by atoms with Gasteiger partial charge < -0.3 is 14.6 Å². The smallest absolute Gasteiger partial charge is 0.277 e. The zero-order valence-electron chi connectivity index (χ0n) is 18.7. The molecule has 3 aromatic carbocycles. The van der Waals surface area contributed by atoms with Crippen molar-refractivity contribution < 1.29 is 14.3 Å². The Hall–Kier alpha value is -4.13. The molecule has 2 amide bonds. The summed E-state index contributed by atoms with van der Waals surface area (Å²) in [5, 5.41) is 9.18. The third-order valence-electron chi connectivity index (χ3n) is 5.27. The minimum atomic E-state index is -0.392. The number of hydrazone groups is 1. The van der Waals surface area contributed by atoms with Crippen molar-refractivity contribution in [2.24, 2.45) is 5.10 Å². The Morgan fingerprint density at radius 1 is 0.909 bits per heavy atom. The lowest BCUT2D eigenvalue weighted by Gasteiger charge is -2.07. The van der Waals surface area contributed by atoms with Crippen LogP contribution in [0.5, 0.6) is 5.75 Å². The Kier molecular flexibility index (Phi) is 6.69. The summed E-state index contributed by atoms with van der Waals surface area (Å²) in [7, 11) is 0. The molecule has 0 saturated heterocycles. The summed E-state index contributed by atoms with van der Waals surface area (Å²) in [6.45, 7) is 4.53. The Bertz CT molecular complexity index is 1330. The first kappa shape index (κ1) is 22.1. The van der Waals surface area contributed by atoms with Crippen LogP contribution in [-0.4, -0.2) is 28.7 Å². The van der Waals surface area contributed by atoms with E-state index in [1.165, 1.54) is 5.52 Å². The molecule has 0 fully saturated rings. The molecule has 0 spiro atoms. The van der Waals surface area contributed by atoms with Crippen molar-refractivity contribution in [1.82, 2.24) is 9.99 Å². The van der Waals surface area contributed by atoms with Gasteiger partial charge in [-0.05, 0) is 50.2 Å². The summed E-state index contributed by atoms with van der Waals surface area (Å²) >= 11 is 0. The monoisotopic (exact) mass is 442 g/mol. The summed E-state index contributed by atoms with van der Waals surface area (Å²) in [6.07, 6.45) is 0.0641. The number of carbonyl (C=O) groups is 2. The van der Waals surface area contributed by atoms with Gasteiger partial charge >= 0.3 is 0 Å². The first-order valence-corrected chi connectivity index (χ1v) is 10.9. The zero-order valence-corrected chi connectivity index (χ0v) is 18.7. The van der Waals surface area contributed by atoms with Crippen LogP contribution < -0.4 is 15.5 Å². The van der Waals surface area contributed by atoms with Crippen molar-refractivity contribution in [3.8, 4) is 5.75 Å². The standard InChI is InChI=1S/C26H26N4O3/c1-3-30-23-12-8-7-11-21(23)22-16-19(13-14-24(22)30)27-25(31)15-18(2)28-29-26(32)17-33-20-9-5-4-6-10-20/h4-14,16H,3,15,17H2,1-2H3,(H,27,31)(H,29,32). The molecule has 2 N–H and O–H groups in total. The number of anilines is 1. The van der Waals surface area contributed by atoms with Crippen LogP contribution in [0.15, 0.2) is 77.9 Å². The summed E-state index contributed by atoms with van der Waals surface area (Å²) in [5.41, 5.74) is 5.94. The van der Waals surface area contributed by atoms with E-state index in [4.69, 9.17) is 4.74 Å². The van der Waals surface area contributed by atoms with Crippen molar-refractivity contribution in [2.45, 2.75) is 26.8 Å². The van der Waals surface area contributed by atoms with Gasteiger partial charge in [0.15, 0.2) is 6.61 Å². The van der Waals surface area contributed by atoms with E-state index >= 15 is 0 Å². The van der Waals surface area contributed by atoms with Gasteiger partial charge in [-0.15, -0.1) is 0 Å². The molecular formula is C26H26N4O3. The van der Waals surface area contributed by atoms with Gasteiger partial charge in [-0.25, -0.2) is 5.43 Å². The summed E-state index contributed by atoms with van der Waals surface area (Å²) < 4.78 is 7.63. The van der Waals surface area contributed by atoms with E-state index in [0.717, 1.165) is 28.5 Å². The van der Waals surface area contributed by atoms with Crippen LogP contribution in [0.4, 0.5) is 5.69 Å². The summed E-state index contributed by atoms with van der Waals surface area (Å²) in [5.74, 6) is 0.00717. The van der Waals surface area contributed by atoms with Crippen LogP contribution >= 0.6 is 0 Å². The fourth-order valence-corrected chi connectivity index (χ4v) is 3.80. The number of rotatable bonds is 8. The number of fused-ring (bicyclic) bond motifs is 3. The van der Waals surface area contributed by atoms with Crippen molar-refractivity contribution in [1.29, 1.82) is 0 Å². The topological polar surface area (TPSA) is 84.7 Å². The number of benzene rings is 3. The van der Waals surface area contributed by atoms with E-state index in [1.54, 1.807) is 19.1 Å². The molecule has 0 unspecified atom stereocenters.